The second-order valence-electron chi connectivity index (χ2n) is 3.02. The molecule has 1 aromatic carbocycles. The zero-order valence-electron chi connectivity index (χ0n) is 9.66. The second kappa shape index (κ2) is 6.57. The maximum atomic E-state index is 11.8. The molecule has 1 rings (SSSR count). The van der Waals surface area contributed by atoms with Crippen LogP contribution in [0.1, 0.15) is 0 Å². The van der Waals surface area contributed by atoms with E-state index in [9.17, 15) is 9.18 Å². The SMILES string of the molecule is COc1ccc(OC)c(NC(=O)OCCF)c1. The molecular weight excluding hydrogens is 229 g/mol. The third-order valence-electron chi connectivity index (χ3n) is 1.95. The standard InChI is InChI=1S/C11H14FNO4/c1-15-8-3-4-10(16-2)9(7-8)13-11(14)17-6-5-12/h3-4,7H,5-6H2,1-2H3,(H,13,14). The summed E-state index contributed by atoms with van der Waals surface area (Å²) in [5.41, 5.74) is 0.399. The zero-order chi connectivity index (χ0) is 12.7. The van der Waals surface area contributed by atoms with Gasteiger partial charge in [-0.1, -0.05) is 0 Å². The van der Waals surface area contributed by atoms with Gasteiger partial charge in [0.05, 0.1) is 19.9 Å². The minimum absolute atomic E-state index is 0.280. The Morgan fingerprint density at radius 1 is 1.35 bits per heavy atom. The third kappa shape index (κ3) is 3.82. The zero-order valence-corrected chi connectivity index (χ0v) is 9.66. The molecule has 0 saturated carbocycles. The van der Waals surface area contributed by atoms with Gasteiger partial charge >= 0.3 is 6.09 Å². The number of amides is 1. The fourth-order valence-corrected chi connectivity index (χ4v) is 1.19. The molecule has 0 aromatic heterocycles. The Morgan fingerprint density at radius 3 is 2.71 bits per heavy atom. The van der Waals surface area contributed by atoms with Crippen LogP contribution in [0.5, 0.6) is 11.5 Å². The highest BCUT2D eigenvalue weighted by Crippen LogP contribution is 2.28. The predicted octanol–water partition coefficient (Wildman–Crippen LogP) is 2.22. The number of carbonyl (C=O) groups excluding carboxylic acids is 1. The molecule has 6 heteroatoms. The van der Waals surface area contributed by atoms with E-state index in [0.717, 1.165) is 0 Å². The summed E-state index contributed by atoms with van der Waals surface area (Å²) in [6.45, 7) is -0.999. The van der Waals surface area contributed by atoms with Crippen LogP contribution in [0, 0.1) is 0 Å². The fraction of sp³-hybridized carbons (Fsp3) is 0.364. The number of rotatable bonds is 5. The van der Waals surface area contributed by atoms with E-state index >= 15 is 0 Å². The molecule has 0 aliphatic carbocycles. The Hall–Kier alpha value is -1.98. The summed E-state index contributed by atoms with van der Waals surface area (Å²) in [5.74, 6) is 1.02. The lowest BCUT2D eigenvalue weighted by molar-refractivity contribution is 0.152. The molecule has 1 amide bonds. The van der Waals surface area contributed by atoms with E-state index in [4.69, 9.17) is 9.47 Å². The van der Waals surface area contributed by atoms with Gasteiger partial charge in [0.15, 0.2) is 0 Å². The second-order valence-corrected chi connectivity index (χ2v) is 3.02. The third-order valence-corrected chi connectivity index (χ3v) is 1.95. The van der Waals surface area contributed by atoms with Crippen LogP contribution in [0.2, 0.25) is 0 Å². The summed E-state index contributed by atoms with van der Waals surface area (Å²) < 4.78 is 26.4. The molecule has 0 unspecified atom stereocenters. The topological polar surface area (TPSA) is 56.8 Å². The molecular formula is C11H14FNO4. The number of methoxy groups -OCH3 is 2. The first kappa shape index (κ1) is 13.1. The maximum Gasteiger partial charge on any atom is 0.411 e. The van der Waals surface area contributed by atoms with Crippen molar-refractivity contribution in [2.45, 2.75) is 0 Å². The van der Waals surface area contributed by atoms with Gasteiger partial charge in [-0.25, -0.2) is 9.18 Å². The first-order valence-corrected chi connectivity index (χ1v) is 4.93. The number of benzene rings is 1. The highest BCUT2D eigenvalue weighted by molar-refractivity contribution is 5.87. The number of anilines is 1. The van der Waals surface area contributed by atoms with Gasteiger partial charge in [0.25, 0.3) is 0 Å². The van der Waals surface area contributed by atoms with Gasteiger partial charge in [0.1, 0.15) is 24.8 Å². The normalized spacial score (nSPS) is 9.59. The van der Waals surface area contributed by atoms with Crippen LogP contribution in [-0.4, -0.2) is 33.6 Å². The summed E-state index contributed by atoms with van der Waals surface area (Å²) in [7, 11) is 2.98. The molecule has 0 radical (unpaired) electrons. The molecule has 1 aromatic rings. The van der Waals surface area contributed by atoms with Gasteiger partial charge in [0, 0.05) is 6.07 Å². The quantitative estimate of drug-likeness (QED) is 0.861. The molecule has 5 nitrogen and oxygen atoms in total. The molecule has 1 N–H and O–H groups in total. The minimum Gasteiger partial charge on any atom is -0.497 e. The molecule has 0 aliphatic heterocycles. The monoisotopic (exact) mass is 243 g/mol. The van der Waals surface area contributed by atoms with Crippen molar-refractivity contribution in [1.82, 2.24) is 0 Å². The van der Waals surface area contributed by atoms with E-state index in [1.54, 1.807) is 18.2 Å². The van der Waals surface area contributed by atoms with Gasteiger partial charge in [-0.2, -0.15) is 0 Å². The molecule has 0 bridgehead atoms. The summed E-state index contributed by atoms with van der Waals surface area (Å²) >= 11 is 0. The lowest BCUT2D eigenvalue weighted by Crippen LogP contribution is -2.15. The Bertz CT molecular complexity index is 384. The number of halogens is 1. The van der Waals surface area contributed by atoms with E-state index in [1.807, 2.05) is 0 Å². The fourth-order valence-electron chi connectivity index (χ4n) is 1.19. The number of hydrogen-bond donors (Lipinski definition) is 1. The molecule has 0 heterocycles. The van der Waals surface area contributed by atoms with Gasteiger partial charge in [0.2, 0.25) is 0 Å². The molecule has 0 atom stereocenters. The number of alkyl halides is 1. The number of nitrogens with one attached hydrogen (secondary N) is 1. The van der Waals surface area contributed by atoms with Gasteiger partial charge < -0.3 is 14.2 Å². The van der Waals surface area contributed by atoms with Crippen LogP contribution in [-0.2, 0) is 4.74 Å². The Balaban J connectivity index is 2.76. The Kier molecular flexibility index (Phi) is 5.06. The first-order valence-electron chi connectivity index (χ1n) is 4.93. The summed E-state index contributed by atoms with van der Waals surface area (Å²) in [4.78, 5) is 11.2. The number of hydrogen-bond acceptors (Lipinski definition) is 4. The minimum atomic E-state index is -0.741. The lowest BCUT2D eigenvalue weighted by atomic mass is 10.2. The summed E-state index contributed by atoms with van der Waals surface area (Å²) in [6, 6.07) is 4.91. The molecule has 17 heavy (non-hydrogen) atoms. The van der Waals surface area contributed by atoms with Crippen LogP contribution in [0.15, 0.2) is 18.2 Å². The highest BCUT2D eigenvalue weighted by atomic mass is 19.1. The van der Waals surface area contributed by atoms with E-state index in [1.165, 1.54) is 14.2 Å². The van der Waals surface area contributed by atoms with Crippen LogP contribution in [0.25, 0.3) is 0 Å². The molecule has 0 aliphatic rings. The van der Waals surface area contributed by atoms with Crippen molar-refractivity contribution in [3.05, 3.63) is 18.2 Å². The average Bonchev–Trinajstić information content (AvgIpc) is 2.36. The van der Waals surface area contributed by atoms with Gasteiger partial charge in [-0.05, 0) is 12.1 Å². The van der Waals surface area contributed by atoms with E-state index in [-0.39, 0.29) is 6.61 Å². The van der Waals surface area contributed by atoms with Crippen LogP contribution >= 0.6 is 0 Å². The summed E-state index contributed by atoms with van der Waals surface area (Å²) in [6.07, 6.45) is -0.741. The van der Waals surface area contributed by atoms with Crippen LogP contribution in [0.3, 0.4) is 0 Å². The number of carbonyl (C=O) groups is 1. The van der Waals surface area contributed by atoms with Crippen molar-refractivity contribution in [2.24, 2.45) is 0 Å². The molecule has 0 fully saturated rings. The van der Waals surface area contributed by atoms with Crippen molar-refractivity contribution >= 4 is 11.8 Å². The van der Waals surface area contributed by atoms with Crippen LogP contribution < -0.4 is 14.8 Å². The number of ether oxygens (including phenoxy) is 3. The predicted molar refractivity (Wildman–Crippen MR) is 60.5 cm³/mol. The highest BCUT2D eigenvalue weighted by Gasteiger charge is 2.09. The van der Waals surface area contributed by atoms with Gasteiger partial charge in [-0.15, -0.1) is 0 Å². The van der Waals surface area contributed by atoms with Crippen LogP contribution in [0.4, 0.5) is 14.9 Å². The molecule has 0 spiro atoms. The first-order chi connectivity index (χ1) is 8.21. The van der Waals surface area contributed by atoms with Crippen molar-refractivity contribution < 1.29 is 23.4 Å². The van der Waals surface area contributed by atoms with Crippen molar-refractivity contribution in [3.8, 4) is 11.5 Å². The van der Waals surface area contributed by atoms with Crippen molar-refractivity contribution in [2.75, 3.05) is 32.8 Å². The van der Waals surface area contributed by atoms with E-state index < -0.39 is 12.8 Å². The smallest absolute Gasteiger partial charge is 0.411 e. The van der Waals surface area contributed by atoms with E-state index in [0.29, 0.717) is 17.2 Å². The Morgan fingerprint density at radius 2 is 2.12 bits per heavy atom. The van der Waals surface area contributed by atoms with Crippen molar-refractivity contribution in [1.29, 1.82) is 0 Å². The average molecular weight is 243 g/mol. The molecule has 0 saturated heterocycles. The lowest BCUT2D eigenvalue weighted by Gasteiger charge is -2.11. The maximum absolute atomic E-state index is 11.8. The van der Waals surface area contributed by atoms with E-state index in [2.05, 4.69) is 10.1 Å². The Labute approximate surface area is 98.5 Å². The molecule has 94 valence electrons. The summed E-state index contributed by atoms with van der Waals surface area (Å²) in [5, 5.41) is 2.44. The largest absolute Gasteiger partial charge is 0.497 e. The van der Waals surface area contributed by atoms with Gasteiger partial charge in [-0.3, -0.25) is 5.32 Å². The van der Waals surface area contributed by atoms with Crippen molar-refractivity contribution in [3.63, 3.8) is 0 Å².